The summed E-state index contributed by atoms with van der Waals surface area (Å²) < 4.78 is 16.0. The van der Waals surface area contributed by atoms with Crippen molar-refractivity contribution in [1.29, 1.82) is 5.26 Å². The summed E-state index contributed by atoms with van der Waals surface area (Å²) in [6.07, 6.45) is 0.345. The fourth-order valence-electron chi connectivity index (χ4n) is 4.40. The number of ether oxygens (including phenoxy) is 1. The Morgan fingerprint density at radius 2 is 1.95 bits per heavy atom. The standard InChI is InChI=1S/C28H23N3O6S/c1-16-24(37-27(34)36-16)12-13-28(2,25(32)33)38-26-30-21-14-18(35-3)9-11-23(21)31(26)22-10-8-17(15-29)19-6-4-5-7-20(19)22/h4-11,14H,12-13H2,1-3H3,(H,32,33). The Kier molecular flexibility index (Phi) is 6.46. The highest BCUT2D eigenvalue weighted by molar-refractivity contribution is 8.01. The molecule has 0 aliphatic heterocycles. The van der Waals surface area contributed by atoms with Crippen LogP contribution in [0.2, 0.25) is 0 Å². The minimum Gasteiger partial charge on any atom is -0.497 e. The molecule has 5 rings (SSSR count). The van der Waals surface area contributed by atoms with Gasteiger partial charge in [-0.2, -0.15) is 5.26 Å². The third-order valence-electron chi connectivity index (χ3n) is 6.53. The molecule has 1 atom stereocenters. The van der Waals surface area contributed by atoms with E-state index in [0.717, 1.165) is 33.7 Å². The number of fused-ring (bicyclic) bond motifs is 2. The molecule has 2 aromatic heterocycles. The van der Waals surface area contributed by atoms with Gasteiger partial charge >= 0.3 is 11.8 Å². The second kappa shape index (κ2) is 9.76. The number of benzene rings is 3. The van der Waals surface area contributed by atoms with Crippen molar-refractivity contribution in [3.05, 3.63) is 82.3 Å². The van der Waals surface area contributed by atoms with Crippen molar-refractivity contribution < 1.29 is 23.5 Å². The molecule has 2 heterocycles. The van der Waals surface area contributed by atoms with Crippen molar-refractivity contribution in [3.8, 4) is 17.5 Å². The summed E-state index contributed by atoms with van der Waals surface area (Å²) in [5.74, 6) is -0.581. The third-order valence-corrected chi connectivity index (χ3v) is 7.81. The molecule has 1 N–H and O–H groups in total. The second-order valence-electron chi connectivity index (χ2n) is 8.95. The number of rotatable bonds is 8. The highest BCUT2D eigenvalue weighted by Gasteiger charge is 2.37. The molecule has 0 saturated carbocycles. The monoisotopic (exact) mass is 529 g/mol. The van der Waals surface area contributed by atoms with E-state index in [2.05, 4.69) is 6.07 Å². The van der Waals surface area contributed by atoms with E-state index >= 15 is 0 Å². The van der Waals surface area contributed by atoms with E-state index in [9.17, 15) is 20.0 Å². The summed E-state index contributed by atoms with van der Waals surface area (Å²) in [4.78, 5) is 28.9. The first kappa shape index (κ1) is 25.2. The highest BCUT2D eigenvalue weighted by atomic mass is 32.2. The van der Waals surface area contributed by atoms with Gasteiger partial charge in [0, 0.05) is 23.3 Å². The first-order valence-corrected chi connectivity index (χ1v) is 12.6. The molecule has 0 fully saturated rings. The van der Waals surface area contributed by atoms with Gasteiger partial charge < -0.3 is 18.7 Å². The number of carbonyl (C=O) groups is 1. The van der Waals surface area contributed by atoms with E-state index in [1.165, 1.54) is 0 Å². The molecule has 0 amide bonds. The van der Waals surface area contributed by atoms with Gasteiger partial charge in [-0.15, -0.1) is 0 Å². The maximum absolute atomic E-state index is 12.6. The number of aliphatic carboxylic acids is 1. The Bertz CT molecular complexity index is 1790. The molecule has 0 radical (unpaired) electrons. The van der Waals surface area contributed by atoms with E-state index in [1.54, 1.807) is 33.1 Å². The van der Waals surface area contributed by atoms with Crippen LogP contribution in [0.15, 0.2) is 73.4 Å². The maximum atomic E-state index is 12.6. The van der Waals surface area contributed by atoms with E-state index in [0.29, 0.717) is 33.5 Å². The molecule has 0 aliphatic carbocycles. The Balaban J connectivity index is 1.67. The molecule has 9 nitrogen and oxygen atoms in total. The smallest absolute Gasteiger partial charge is 0.497 e. The molecule has 192 valence electrons. The summed E-state index contributed by atoms with van der Waals surface area (Å²) in [5.41, 5.74) is 2.69. The summed E-state index contributed by atoms with van der Waals surface area (Å²) in [6, 6.07) is 18.9. The minimum absolute atomic E-state index is 0.150. The topological polar surface area (TPSA) is 131 Å². The Morgan fingerprint density at radius 1 is 1.18 bits per heavy atom. The van der Waals surface area contributed by atoms with Crippen LogP contribution >= 0.6 is 11.8 Å². The third kappa shape index (κ3) is 4.41. The largest absolute Gasteiger partial charge is 0.519 e. The van der Waals surface area contributed by atoms with Crippen LogP contribution in [-0.4, -0.2) is 32.5 Å². The van der Waals surface area contributed by atoms with Crippen molar-refractivity contribution >= 4 is 39.5 Å². The minimum atomic E-state index is -1.33. The van der Waals surface area contributed by atoms with Crippen LogP contribution < -0.4 is 10.6 Å². The zero-order valence-corrected chi connectivity index (χ0v) is 21.7. The molecule has 0 bridgehead atoms. The Labute approximate surface area is 221 Å². The van der Waals surface area contributed by atoms with Crippen molar-refractivity contribution in [2.45, 2.75) is 36.6 Å². The van der Waals surface area contributed by atoms with Gasteiger partial charge in [0.2, 0.25) is 0 Å². The zero-order valence-electron chi connectivity index (χ0n) is 20.8. The number of hydrogen-bond acceptors (Lipinski definition) is 8. The molecule has 10 heteroatoms. The molecule has 0 aliphatic rings. The lowest BCUT2D eigenvalue weighted by atomic mass is 10.0. The maximum Gasteiger partial charge on any atom is 0.519 e. The predicted octanol–water partition coefficient (Wildman–Crippen LogP) is 5.48. The number of aryl methyl sites for hydroxylation is 2. The van der Waals surface area contributed by atoms with E-state index in [-0.39, 0.29) is 12.8 Å². The van der Waals surface area contributed by atoms with E-state index < -0.39 is 16.5 Å². The Morgan fingerprint density at radius 3 is 2.61 bits per heavy atom. The molecular formula is C28H23N3O6S. The molecule has 1 unspecified atom stereocenters. The number of thioether (sulfide) groups is 1. The average molecular weight is 530 g/mol. The lowest BCUT2D eigenvalue weighted by Gasteiger charge is -2.24. The Hall–Kier alpha value is -4.49. The normalized spacial score (nSPS) is 12.9. The van der Waals surface area contributed by atoms with Crippen molar-refractivity contribution in [3.63, 3.8) is 0 Å². The first-order valence-electron chi connectivity index (χ1n) is 11.7. The summed E-state index contributed by atoms with van der Waals surface area (Å²) >= 11 is 1.11. The van der Waals surface area contributed by atoms with Crippen LogP contribution in [-0.2, 0) is 11.2 Å². The van der Waals surface area contributed by atoms with E-state index in [4.69, 9.17) is 18.6 Å². The van der Waals surface area contributed by atoms with Gasteiger partial charge in [0.15, 0.2) is 5.16 Å². The van der Waals surface area contributed by atoms with Crippen molar-refractivity contribution in [2.75, 3.05) is 7.11 Å². The lowest BCUT2D eigenvalue weighted by molar-refractivity contribution is -0.139. The number of carboxylic acid groups (broad SMARTS) is 1. The number of hydrogen-bond donors (Lipinski definition) is 1. The highest BCUT2D eigenvalue weighted by Crippen LogP contribution is 2.41. The van der Waals surface area contributed by atoms with Crippen LogP contribution in [0.5, 0.6) is 5.75 Å². The fraction of sp³-hybridized carbons (Fsp3) is 0.214. The summed E-state index contributed by atoms with van der Waals surface area (Å²) in [5, 5.41) is 22.0. The van der Waals surface area contributed by atoms with Crippen LogP contribution in [0.25, 0.3) is 27.5 Å². The van der Waals surface area contributed by atoms with Gasteiger partial charge in [0.05, 0.1) is 35.5 Å². The van der Waals surface area contributed by atoms with Gasteiger partial charge in [0.1, 0.15) is 22.0 Å². The number of aromatic nitrogens is 2. The lowest BCUT2D eigenvalue weighted by Crippen LogP contribution is -2.32. The van der Waals surface area contributed by atoms with Gasteiger partial charge in [-0.1, -0.05) is 36.0 Å². The van der Waals surface area contributed by atoms with Crippen molar-refractivity contribution in [1.82, 2.24) is 9.55 Å². The van der Waals surface area contributed by atoms with Crippen LogP contribution in [0.3, 0.4) is 0 Å². The molecular weight excluding hydrogens is 506 g/mol. The molecule has 0 saturated heterocycles. The van der Waals surface area contributed by atoms with Gasteiger partial charge in [-0.05, 0) is 44.5 Å². The predicted molar refractivity (Wildman–Crippen MR) is 142 cm³/mol. The van der Waals surface area contributed by atoms with Gasteiger partial charge in [-0.25, -0.2) is 9.78 Å². The SMILES string of the molecule is COc1ccc2c(c1)nc(SC(C)(CCc1oc(=O)oc1C)C(=O)O)n2-c1ccc(C#N)c2ccccc12. The molecule has 0 spiro atoms. The number of nitrogens with zero attached hydrogens (tertiary/aromatic N) is 3. The average Bonchev–Trinajstić information content (AvgIpc) is 3.43. The van der Waals surface area contributed by atoms with Crippen LogP contribution in [0.1, 0.15) is 30.4 Å². The second-order valence-corrected chi connectivity index (χ2v) is 10.4. The van der Waals surface area contributed by atoms with Crippen LogP contribution in [0.4, 0.5) is 0 Å². The fourth-order valence-corrected chi connectivity index (χ4v) is 5.53. The summed E-state index contributed by atoms with van der Waals surface area (Å²) in [7, 11) is 1.57. The van der Waals surface area contributed by atoms with Gasteiger partial charge in [0.25, 0.3) is 0 Å². The zero-order chi connectivity index (χ0) is 27.0. The van der Waals surface area contributed by atoms with Crippen LogP contribution in [0, 0.1) is 18.3 Å². The summed E-state index contributed by atoms with van der Waals surface area (Å²) in [6.45, 7) is 3.23. The number of carboxylic acids is 1. The number of methoxy groups -OCH3 is 1. The van der Waals surface area contributed by atoms with Gasteiger partial charge in [-0.3, -0.25) is 9.36 Å². The molecule has 38 heavy (non-hydrogen) atoms. The number of imidazole rings is 1. The van der Waals surface area contributed by atoms with Crippen molar-refractivity contribution in [2.24, 2.45) is 0 Å². The molecule has 5 aromatic rings. The molecule has 3 aromatic carbocycles. The quantitative estimate of drug-likeness (QED) is 0.259. The first-order chi connectivity index (χ1) is 18.2. The number of nitriles is 1. The van der Waals surface area contributed by atoms with E-state index in [1.807, 2.05) is 47.0 Å².